The number of carbonyl (C=O) groups excluding carboxylic acids is 1. The largest absolute Gasteiger partial charge is 0.548 e. The van der Waals surface area contributed by atoms with Crippen LogP contribution < -0.4 is 10.4 Å². The smallest absolute Gasteiger partial charge is 0.0612 e. The zero-order valence-corrected chi connectivity index (χ0v) is 8.02. The van der Waals surface area contributed by atoms with Crippen molar-refractivity contribution in [1.82, 2.24) is 0 Å². The van der Waals surface area contributed by atoms with E-state index < -0.39 is 5.97 Å². The monoisotopic (exact) mass is 218 g/mol. The molecule has 1 rings (SSSR count). The van der Waals surface area contributed by atoms with Crippen molar-refractivity contribution >= 4 is 34.9 Å². The van der Waals surface area contributed by atoms with E-state index in [0.29, 0.717) is 15.7 Å². The van der Waals surface area contributed by atoms with E-state index in [1.54, 1.807) is 18.2 Å². The first-order valence-electron chi connectivity index (χ1n) is 3.48. The Hall–Kier alpha value is -0.930. The molecule has 0 aliphatic heterocycles. The number of carboxylic acids is 1. The number of nitrogens with one attached hydrogen (secondary N) is 1. The van der Waals surface area contributed by atoms with Crippen LogP contribution in [0.4, 0.5) is 5.69 Å². The minimum absolute atomic E-state index is 0.252. The van der Waals surface area contributed by atoms with Crippen molar-refractivity contribution in [3.63, 3.8) is 0 Å². The number of hydrogen-bond donors (Lipinski definition) is 1. The van der Waals surface area contributed by atoms with E-state index in [2.05, 4.69) is 5.32 Å². The van der Waals surface area contributed by atoms with Gasteiger partial charge in [0.2, 0.25) is 0 Å². The third kappa shape index (κ3) is 3.13. The zero-order valence-electron chi connectivity index (χ0n) is 6.51. The van der Waals surface area contributed by atoms with E-state index >= 15 is 0 Å². The second kappa shape index (κ2) is 4.35. The molecule has 1 aromatic carbocycles. The molecule has 3 nitrogen and oxygen atoms in total. The highest BCUT2D eigenvalue weighted by atomic mass is 35.5. The van der Waals surface area contributed by atoms with Gasteiger partial charge in [-0.2, -0.15) is 0 Å². The summed E-state index contributed by atoms with van der Waals surface area (Å²) in [6, 6.07) is 4.77. The second-order valence-corrected chi connectivity index (χ2v) is 3.17. The van der Waals surface area contributed by atoms with Gasteiger partial charge in [-0.05, 0) is 18.2 Å². The highest BCUT2D eigenvalue weighted by molar-refractivity contribution is 6.42. The van der Waals surface area contributed by atoms with Gasteiger partial charge in [0, 0.05) is 5.69 Å². The number of halogens is 2. The fourth-order valence-corrected chi connectivity index (χ4v) is 1.08. The molecule has 0 spiro atoms. The summed E-state index contributed by atoms with van der Waals surface area (Å²) in [6.45, 7) is -0.252. The predicted molar refractivity (Wildman–Crippen MR) is 50.0 cm³/mol. The van der Waals surface area contributed by atoms with E-state index in [0.717, 1.165) is 0 Å². The van der Waals surface area contributed by atoms with Crippen molar-refractivity contribution in [2.24, 2.45) is 0 Å². The normalized spacial score (nSPS) is 9.69. The molecule has 13 heavy (non-hydrogen) atoms. The van der Waals surface area contributed by atoms with Crippen LogP contribution in [0.1, 0.15) is 0 Å². The Labute approximate surface area is 85.3 Å². The Morgan fingerprint density at radius 3 is 2.62 bits per heavy atom. The summed E-state index contributed by atoms with van der Waals surface area (Å²) in [5.74, 6) is -1.17. The minimum atomic E-state index is -1.17. The fraction of sp³-hybridized carbons (Fsp3) is 0.125. The number of aliphatic carboxylic acids is 1. The van der Waals surface area contributed by atoms with Crippen molar-refractivity contribution in [3.05, 3.63) is 28.2 Å². The first-order valence-corrected chi connectivity index (χ1v) is 4.24. The van der Waals surface area contributed by atoms with Crippen molar-refractivity contribution < 1.29 is 9.90 Å². The molecular formula is C8H6Cl2NO2-. The Bertz CT molecular complexity index is 328. The molecule has 0 unspecified atom stereocenters. The molecular weight excluding hydrogens is 213 g/mol. The lowest BCUT2D eigenvalue weighted by Gasteiger charge is -2.07. The molecule has 0 aromatic heterocycles. The van der Waals surface area contributed by atoms with Gasteiger partial charge in [-0.1, -0.05) is 23.2 Å². The van der Waals surface area contributed by atoms with Crippen LogP contribution in [0.15, 0.2) is 18.2 Å². The van der Waals surface area contributed by atoms with E-state index in [1.807, 2.05) is 0 Å². The molecule has 1 aromatic rings. The molecule has 0 fully saturated rings. The third-order valence-corrected chi connectivity index (χ3v) is 2.10. The van der Waals surface area contributed by atoms with Crippen molar-refractivity contribution in [2.45, 2.75) is 0 Å². The quantitative estimate of drug-likeness (QED) is 0.829. The number of rotatable bonds is 3. The number of anilines is 1. The van der Waals surface area contributed by atoms with Gasteiger partial charge in [0.15, 0.2) is 0 Å². The summed E-state index contributed by atoms with van der Waals surface area (Å²) < 4.78 is 0. The average Bonchev–Trinajstić information content (AvgIpc) is 2.07. The lowest BCUT2D eigenvalue weighted by atomic mass is 10.3. The fourth-order valence-electron chi connectivity index (χ4n) is 0.780. The van der Waals surface area contributed by atoms with Crippen LogP contribution in [0.3, 0.4) is 0 Å². The summed E-state index contributed by atoms with van der Waals surface area (Å²) >= 11 is 11.3. The highest BCUT2D eigenvalue weighted by Gasteiger charge is 1.98. The summed E-state index contributed by atoms with van der Waals surface area (Å²) in [5.41, 5.74) is 0.596. The van der Waals surface area contributed by atoms with Crippen molar-refractivity contribution in [2.75, 3.05) is 11.9 Å². The molecule has 0 aliphatic carbocycles. The van der Waals surface area contributed by atoms with Gasteiger partial charge in [0.1, 0.15) is 0 Å². The molecule has 70 valence electrons. The lowest BCUT2D eigenvalue weighted by molar-refractivity contribution is -0.302. The van der Waals surface area contributed by atoms with Crippen LogP contribution >= 0.6 is 23.2 Å². The van der Waals surface area contributed by atoms with Gasteiger partial charge in [-0.3, -0.25) is 0 Å². The van der Waals surface area contributed by atoms with E-state index in [4.69, 9.17) is 23.2 Å². The topological polar surface area (TPSA) is 52.2 Å². The molecule has 0 radical (unpaired) electrons. The van der Waals surface area contributed by atoms with Crippen LogP contribution in [0.2, 0.25) is 10.0 Å². The minimum Gasteiger partial charge on any atom is -0.548 e. The van der Waals surface area contributed by atoms with Gasteiger partial charge >= 0.3 is 0 Å². The Kier molecular flexibility index (Phi) is 3.39. The number of carbonyl (C=O) groups is 1. The van der Waals surface area contributed by atoms with Crippen molar-refractivity contribution in [3.8, 4) is 0 Å². The number of carboxylic acid groups (broad SMARTS) is 1. The summed E-state index contributed by atoms with van der Waals surface area (Å²) in [5, 5.41) is 13.5. The second-order valence-electron chi connectivity index (χ2n) is 2.35. The Balaban J connectivity index is 2.68. The molecule has 5 heteroatoms. The average molecular weight is 219 g/mol. The van der Waals surface area contributed by atoms with Gasteiger partial charge in [-0.25, -0.2) is 0 Å². The van der Waals surface area contributed by atoms with Crippen LogP contribution in [-0.2, 0) is 4.79 Å². The molecule has 0 saturated carbocycles. The summed E-state index contributed by atoms with van der Waals surface area (Å²) in [6.07, 6.45) is 0. The van der Waals surface area contributed by atoms with Crippen molar-refractivity contribution in [1.29, 1.82) is 0 Å². The molecule has 0 amide bonds. The van der Waals surface area contributed by atoms with Crippen LogP contribution in [-0.4, -0.2) is 12.5 Å². The van der Waals surface area contributed by atoms with Crippen LogP contribution in [0.25, 0.3) is 0 Å². The molecule has 1 N–H and O–H groups in total. The molecule has 0 aliphatic rings. The summed E-state index contributed by atoms with van der Waals surface area (Å²) in [7, 11) is 0. The Morgan fingerprint density at radius 2 is 2.08 bits per heavy atom. The maximum Gasteiger partial charge on any atom is 0.0612 e. The van der Waals surface area contributed by atoms with E-state index in [-0.39, 0.29) is 6.54 Å². The maximum absolute atomic E-state index is 10.1. The predicted octanol–water partition coefficient (Wildman–Crippen LogP) is 1.16. The first-order chi connectivity index (χ1) is 6.09. The molecule has 0 heterocycles. The number of benzene rings is 1. The van der Waals surface area contributed by atoms with E-state index in [1.165, 1.54) is 0 Å². The lowest BCUT2D eigenvalue weighted by Crippen LogP contribution is -2.30. The van der Waals surface area contributed by atoms with Gasteiger partial charge < -0.3 is 15.2 Å². The van der Waals surface area contributed by atoms with Gasteiger partial charge in [0.25, 0.3) is 0 Å². The third-order valence-electron chi connectivity index (χ3n) is 1.36. The summed E-state index contributed by atoms with van der Waals surface area (Å²) in [4.78, 5) is 10.1. The SMILES string of the molecule is O=C([O-])CNc1ccc(Cl)c(Cl)c1. The first kappa shape index (κ1) is 10.2. The molecule has 0 saturated heterocycles. The van der Waals surface area contributed by atoms with Crippen LogP contribution in [0, 0.1) is 0 Å². The zero-order chi connectivity index (χ0) is 9.84. The van der Waals surface area contributed by atoms with Gasteiger partial charge in [-0.15, -0.1) is 0 Å². The van der Waals surface area contributed by atoms with Gasteiger partial charge in [0.05, 0.1) is 22.6 Å². The Morgan fingerprint density at radius 1 is 1.38 bits per heavy atom. The molecule has 0 atom stereocenters. The highest BCUT2D eigenvalue weighted by Crippen LogP contribution is 2.24. The van der Waals surface area contributed by atoms with E-state index in [9.17, 15) is 9.90 Å². The maximum atomic E-state index is 10.1. The van der Waals surface area contributed by atoms with Crippen LogP contribution in [0.5, 0.6) is 0 Å². The molecule has 0 bridgehead atoms. The number of hydrogen-bond acceptors (Lipinski definition) is 3. The standard InChI is InChI=1S/C8H7Cl2NO2/c9-6-2-1-5(3-7(6)10)11-4-8(12)13/h1-3,11H,4H2,(H,12,13)/p-1.